The molecular weight excluding hydrogens is 432 g/mol. The Morgan fingerprint density at radius 2 is 1.83 bits per heavy atom. The lowest BCUT2D eigenvalue weighted by Crippen LogP contribution is -2.12. The molecule has 0 spiro atoms. The SMILES string of the molecule is CCCCc1ccc(NS(=O)(=O)c2nnc(NC(=O)c3ccccc3Cl)s2)cc1. The zero-order valence-electron chi connectivity index (χ0n) is 15.6. The van der Waals surface area contributed by atoms with Crippen LogP contribution >= 0.6 is 22.9 Å². The van der Waals surface area contributed by atoms with Crippen molar-refractivity contribution >= 4 is 49.7 Å². The Morgan fingerprint density at radius 3 is 2.52 bits per heavy atom. The van der Waals surface area contributed by atoms with Gasteiger partial charge >= 0.3 is 0 Å². The molecule has 0 radical (unpaired) electrons. The summed E-state index contributed by atoms with van der Waals surface area (Å²) in [4.78, 5) is 12.3. The van der Waals surface area contributed by atoms with Crippen LogP contribution in [0.4, 0.5) is 10.8 Å². The summed E-state index contributed by atoms with van der Waals surface area (Å²) in [7, 11) is -3.91. The van der Waals surface area contributed by atoms with Gasteiger partial charge in [-0.2, -0.15) is 8.42 Å². The van der Waals surface area contributed by atoms with Crippen LogP contribution in [0.5, 0.6) is 0 Å². The highest BCUT2D eigenvalue weighted by Crippen LogP contribution is 2.24. The number of carbonyl (C=O) groups excluding carboxylic acids is 1. The average Bonchev–Trinajstić information content (AvgIpc) is 3.17. The molecule has 0 atom stereocenters. The molecule has 10 heteroatoms. The molecule has 0 saturated carbocycles. The van der Waals surface area contributed by atoms with E-state index in [1.54, 1.807) is 36.4 Å². The molecule has 29 heavy (non-hydrogen) atoms. The summed E-state index contributed by atoms with van der Waals surface area (Å²) in [6.45, 7) is 2.12. The Bertz CT molecular complexity index is 1100. The van der Waals surface area contributed by atoms with Gasteiger partial charge in [0.1, 0.15) is 0 Å². The van der Waals surface area contributed by atoms with E-state index in [9.17, 15) is 13.2 Å². The summed E-state index contributed by atoms with van der Waals surface area (Å²) in [6.07, 6.45) is 3.13. The first-order chi connectivity index (χ1) is 13.9. The number of hydrogen-bond acceptors (Lipinski definition) is 6. The van der Waals surface area contributed by atoms with E-state index in [-0.39, 0.29) is 20.1 Å². The zero-order valence-corrected chi connectivity index (χ0v) is 17.9. The fraction of sp³-hybridized carbons (Fsp3) is 0.211. The largest absolute Gasteiger partial charge is 0.296 e. The van der Waals surface area contributed by atoms with Gasteiger partial charge in [-0.15, -0.1) is 10.2 Å². The van der Waals surface area contributed by atoms with Crippen molar-refractivity contribution in [2.45, 2.75) is 30.5 Å². The molecule has 0 unspecified atom stereocenters. The maximum absolute atomic E-state index is 12.5. The van der Waals surface area contributed by atoms with Gasteiger partial charge in [0.2, 0.25) is 5.13 Å². The predicted octanol–water partition coefficient (Wildman–Crippen LogP) is 4.59. The van der Waals surface area contributed by atoms with Gasteiger partial charge < -0.3 is 0 Å². The van der Waals surface area contributed by atoms with E-state index in [0.717, 1.165) is 36.2 Å². The highest BCUT2D eigenvalue weighted by molar-refractivity contribution is 7.94. The van der Waals surface area contributed by atoms with Crippen molar-refractivity contribution < 1.29 is 13.2 Å². The summed E-state index contributed by atoms with van der Waals surface area (Å²) in [6, 6.07) is 13.7. The smallest absolute Gasteiger partial charge is 0.291 e. The summed E-state index contributed by atoms with van der Waals surface area (Å²) >= 11 is 6.75. The van der Waals surface area contributed by atoms with Gasteiger partial charge in [0.15, 0.2) is 0 Å². The number of carbonyl (C=O) groups is 1. The summed E-state index contributed by atoms with van der Waals surface area (Å²) < 4.78 is 27.3. The van der Waals surface area contributed by atoms with Crippen LogP contribution in [0.1, 0.15) is 35.7 Å². The third-order valence-electron chi connectivity index (χ3n) is 4.00. The number of aromatic nitrogens is 2. The number of halogens is 1. The van der Waals surface area contributed by atoms with E-state index >= 15 is 0 Å². The fourth-order valence-corrected chi connectivity index (χ4v) is 4.67. The highest BCUT2D eigenvalue weighted by atomic mass is 35.5. The molecule has 0 aliphatic rings. The van der Waals surface area contributed by atoms with Crippen LogP contribution in [-0.4, -0.2) is 24.5 Å². The van der Waals surface area contributed by atoms with Crippen molar-refractivity contribution in [2.75, 3.05) is 10.0 Å². The minimum atomic E-state index is -3.91. The second-order valence-corrected chi connectivity index (χ2v) is 9.45. The number of anilines is 2. The quantitative estimate of drug-likeness (QED) is 0.489. The Labute approximate surface area is 178 Å². The fourth-order valence-electron chi connectivity index (χ4n) is 2.50. The standard InChI is InChI=1S/C19H19ClN4O3S2/c1-2-3-6-13-9-11-14(12-10-13)24-29(26,27)19-23-22-18(28-19)21-17(25)15-7-4-5-8-16(15)20/h4-5,7-12,24H,2-3,6H2,1H3,(H,21,22,25). The monoisotopic (exact) mass is 450 g/mol. The van der Waals surface area contributed by atoms with Crippen molar-refractivity contribution in [3.63, 3.8) is 0 Å². The molecule has 0 saturated heterocycles. The first-order valence-corrected chi connectivity index (χ1v) is 11.6. The first kappa shape index (κ1) is 21.2. The van der Waals surface area contributed by atoms with Crippen LogP contribution < -0.4 is 10.0 Å². The molecule has 152 valence electrons. The number of unbranched alkanes of at least 4 members (excludes halogenated alkanes) is 1. The number of hydrogen-bond donors (Lipinski definition) is 2. The van der Waals surface area contributed by atoms with Gasteiger partial charge in [-0.1, -0.05) is 60.5 Å². The third kappa shape index (κ3) is 5.53. The highest BCUT2D eigenvalue weighted by Gasteiger charge is 2.21. The van der Waals surface area contributed by atoms with E-state index in [4.69, 9.17) is 11.6 Å². The van der Waals surface area contributed by atoms with Gasteiger partial charge in [0, 0.05) is 5.69 Å². The van der Waals surface area contributed by atoms with E-state index in [0.29, 0.717) is 5.69 Å². The maximum Gasteiger partial charge on any atom is 0.291 e. The molecular formula is C19H19ClN4O3S2. The molecule has 1 amide bonds. The minimum absolute atomic E-state index is 0.0604. The second kappa shape index (κ2) is 9.34. The lowest BCUT2D eigenvalue weighted by Gasteiger charge is -2.06. The van der Waals surface area contributed by atoms with Gasteiger partial charge in [-0.25, -0.2) is 0 Å². The Morgan fingerprint density at radius 1 is 1.10 bits per heavy atom. The first-order valence-electron chi connectivity index (χ1n) is 8.90. The van der Waals surface area contributed by atoms with Crippen LogP contribution in [0, 0.1) is 0 Å². The zero-order chi connectivity index (χ0) is 20.9. The number of nitrogens with zero attached hydrogens (tertiary/aromatic N) is 2. The maximum atomic E-state index is 12.5. The molecule has 0 aliphatic heterocycles. The number of benzene rings is 2. The van der Waals surface area contributed by atoms with Crippen molar-refractivity contribution in [1.29, 1.82) is 0 Å². The van der Waals surface area contributed by atoms with Crippen LogP contribution in [0.3, 0.4) is 0 Å². The number of amides is 1. The van der Waals surface area contributed by atoms with E-state index < -0.39 is 15.9 Å². The Balaban J connectivity index is 1.68. The topological polar surface area (TPSA) is 101 Å². The normalized spacial score (nSPS) is 11.2. The molecule has 2 N–H and O–H groups in total. The molecule has 1 aromatic heterocycles. The van der Waals surface area contributed by atoms with Crippen molar-refractivity contribution in [3.8, 4) is 0 Å². The lowest BCUT2D eigenvalue weighted by molar-refractivity contribution is 0.102. The van der Waals surface area contributed by atoms with Crippen LogP contribution in [0.25, 0.3) is 0 Å². The summed E-state index contributed by atoms with van der Waals surface area (Å²) in [5.41, 5.74) is 1.84. The minimum Gasteiger partial charge on any atom is -0.296 e. The lowest BCUT2D eigenvalue weighted by atomic mass is 10.1. The van der Waals surface area contributed by atoms with E-state index in [2.05, 4.69) is 27.2 Å². The molecule has 0 fully saturated rings. The van der Waals surface area contributed by atoms with Gasteiger partial charge in [0.05, 0.1) is 10.6 Å². The Hall–Kier alpha value is -2.49. The number of rotatable bonds is 8. The number of sulfonamides is 1. The predicted molar refractivity (Wildman–Crippen MR) is 115 cm³/mol. The molecule has 7 nitrogen and oxygen atoms in total. The van der Waals surface area contributed by atoms with Gasteiger partial charge in [-0.05, 0) is 42.7 Å². The van der Waals surface area contributed by atoms with Crippen LogP contribution in [0.15, 0.2) is 52.9 Å². The molecule has 3 aromatic rings. The van der Waals surface area contributed by atoms with Crippen molar-refractivity contribution in [1.82, 2.24) is 10.2 Å². The molecule has 0 bridgehead atoms. The van der Waals surface area contributed by atoms with Crippen molar-refractivity contribution in [2.24, 2.45) is 0 Å². The molecule has 1 heterocycles. The summed E-state index contributed by atoms with van der Waals surface area (Å²) in [5.74, 6) is -0.494. The molecule has 2 aromatic carbocycles. The van der Waals surface area contributed by atoms with Crippen LogP contribution in [0.2, 0.25) is 5.02 Å². The molecule has 0 aliphatic carbocycles. The second-order valence-electron chi connectivity index (χ2n) is 6.21. The van der Waals surface area contributed by atoms with E-state index in [1.807, 2.05) is 12.1 Å². The number of nitrogens with one attached hydrogen (secondary N) is 2. The van der Waals surface area contributed by atoms with Crippen LogP contribution in [-0.2, 0) is 16.4 Å². The summed E-state index contributed by atoms with van der Waals surface area (Å²) in [5, 5.41) is 10.3. The molecule has 3 rings (SSSR count). The van der Waals surface area contributed by atoms with Gasteiger partial charge in [-0.3, -0.25) is 14.8 Å². The average molecular weight is 451 g/mol. The number of aryl methyl sites for hydroxylation is 1. The van der Waals surface area contributed by atoms with E-state index in [1.165, 1.54) is 0 Å². The Kier molecular flexibility index (Phi) is 6.83. The third-order valence-corrected chi connectivity index (χ3v) is 6.92. The van der Waals surface area contributed by atoms with Gasteiger partial charge in [0.25, 0.3) is 20.3 Å². The van der Waals surface area contributed by atoms with Crippen molar-refractivity contribution in [3.05, 3.63) is 64.7 Å².